The molecule has 2 aromatic carbocycles. The number of carbonyl (C=O) groups excluding carboxylic acids is 3. The number of halogens is 2. The number of nitrogens with zero attached hydrogens (tertiary/aromatic N) is 3. The topological polar surface area (TPSA) is 188 Å². The van der Waals surface area contributed by atoms with E-state index in [0.717, 1.165) is 23.8 Å². The Labute approximate surface area is 316 Å². The zero-order valence-corrected chi connectivity index (χ0v) is 31.5. The number of amides is 2. The average Bonchev–Trinajstić information content (AvgIpc) is 3.13. The van der Waals surface area contributed by atoms with Gasteiger partial charge in [0.05, 0.1) is 16.1 Å². The van der Waals surface area contributed by atoms with Crippen LogP contribution in [-0.4, -0.2) is 52.5 Å². The summed E-state index contributed by atoms with van der Waals surface area (Å²) in [4.78, 5) is 67.7. The number of rotatable bonds is 12. The van der Waals surface area contributed by atoms with Gasteiger partial charge in [-0.05, 0) is 80.5 Å². The predicted molar refractivity (Wildman–Crippen MR) is 199 cm³/mol. The van der Waals surface area contributed by atoms with Crippen LogP contribution in [0.3, 0.4) is 0 Å². The third-order valence-corrected chi connectivity index (χ3v) is 10.4. The molecule has 0 saturated heterocycles. The number of carbonyl (C=O) groups is 3. The highest BCUT2D eigenvalue weighted by Gasteiger charge is 2.29. The number of anilines is 2. The number of benzene rings is 2. The van der Waals surface area contributed by atoms with E-state index in [0.29, 0.717) is 36.2 Å². The molecule has 0 unspecified atom stereocenters. The van der Waals surface area contributed by atoms with Crippen LogP contribution in [-0.2, 0) is 37.8 Å². The quantitative estimate of drug-likeness (QED) is 0.173. The van der Waals surface area contributed by atoms with Gasteiger partial charge in [-0.3, -0.25) is 19.1 Å². The number of sulfonamides is 1. The predicted octanol–water partition coefficient (Wildman–Crippen LogP) is 4.60. The molecule has 2 heterocycles. The minimum absolute atomic E-state index is 0.0357. The largest absolute Gasteiger partial charge is 0.461 e. The smallest absolute Gasteiger partial charge is 0.336 e. The molecule has 0 aliphatic heterocycles. The van der Waals surface area contributed by atoms with E-state index in [1.807, 2.05) is 4.72 Å². The minimum Gasteiger partial charge on any atom is -0.461 e. The number of nitrogens with one attached hydrogen (secondary N) is 3. The highest BCUT2D eigenvalue weighted by molar-refractivity contribution is 7.92. The molecule has 4 aromatic rings. The van der Waals surface area contributed by atoms with Gasteiger partial charge in [0.25, 0.3) is 21.5 Å². The molecule has 0 bridgehead atoms. The number of pyridine rings is 1. The number of esters is 1. The molecule has 17 heteroatoms. The molecule has 2 aromatic heterocycles. The Morgan fingerprint density at radius 2 is 1.65 bits per heavy atom. The lowest BCUT2D eigenvalue weighted by atomic mass is 9.95. The molecule has 1 aliphatic rings. The lowest BCUT2D eigenvalue weighted by molar-refractivity contribution is -0.153. The van der Waals surface area contributed by atoms with Crippen LogP contribution in [0, 0.1) is 17.0 Å². The van der Waals surface area contributed by atoms with E-state index in [4.69, 9.17) is 4.74 Å². The van der Waals surface area contributed by atoms with E-state index in [-0.39, 0.29) is 35.6 Å². The highest BCUT2D eigenvalue weighted by Crippen LogP contribution is 2.26. The third kappa shape index (κ3) is 10.1. The molecule has 0 spiro atoms. The first-order chi connectivity index (χ1) is 25.9. The first-order valence-corrected chi connectivity index (χ1v) is 19.1. The molecule has 1 fully saturated rings. The summed E-state index contributed by atoms with van der Waals surface area (Å²) in [6.45, 7) is 5.13. The van der Waals surface area contributed by atoms with Crippen molar-refractivity contribution in [2.75, 3.05) is 10.0 Å². The molecule has 14 nitrogen and oxygen atoms in total. The van der Waals surface area contributed by atoms with E-state index in [1.165, 1.54) is 60.4 Å². The van der Waals surface area contributed by atoms with Crippen molar-refractivity contribution in [3.05, 3.63) is 111 Å². The molecule has 292 valence electrons. The van der Waals surface area contributed by atoms with Crippen molar-refractivity contribution in [1.82, 2.24) is 19.4 Å². The number of hydrogen-bond donors (Lipinski definition) is 3. The van der Waals surface area contributed by atoms with Gasteiger partial charge in [-0.15, -0.1) is 0 Å². The fourth-order valence-corrected chi connectivity index (χ4v) is 6.80. The summed E-state index contributed by atoms with van der Waals surface area (Å²) in [6.07, 6.45) is 6.51. The van der Waals surface area contributed by atoms with Crippen LogP contribution in [0.2, 0.25) is 0 Å². The summed E-state index contributed by atoms with van der Waals surface area (Å²) >= 11 is 0. The molecule has 5 rings (SSSR count). The Kier molecular flexibility index (Phi) is 12.3. The van der Waals surface area contributed by atoms with Crippen LogP contribution in [0.1, 0.15) is 75.2 Å². The maximum atomic E-state index is 15.4. The van der Waals surface area contributed by atoms with Crippen LogP contribution in [0.15, 0.2) is 81.5 Å². The second-order valence-corrected chi connectivity index (χ2v) is 16.0. The molecular weight excluding hydrogens is 739 g/mol. The van der Waals surface area contributed by atoms with Gasteiger partial charge < -0.3 is 19.9 Å². The normalized spacial score (nSPS) is 14.1. The summed E-state index contributed by atoms with van der Waals surface area (Å²) in [5.41, 5.74) is -2.50. The first kappa shape index (κ1) is 40.5. The van der Waals surface area contributed by atoms with Crippen LogP contribution < -0.4 is 26.6 Å². The maximum Gasteiger partial charge on any atom is 0.336 e. The lowest BCUT2D eigenvalue weighted by Gasteiger charge is -2.25. The molecule has 2 amide bonds. The molecular formula is C38H42F2N6O8S. The van der Waals surface area contributed by atoms with Crippen LogP contribution in [0.4, 0.5) is 20.2 Å². The monoisotopic (exact) mass is 780 g/mol. The fourth-order valence-electron chi connectivity index (χ4n) is 5.74. The van der Waals surface area contributed by atoms with Crippen LogP contribution in [0.5, 0.6) is 0 Å². The van der Waals surface area contributed by atoms with Gasteiger partial charge in [0.2, 0.25) is 5.91 Å². The van der Waals surface area contributed by atoms with E-state index < -0.39 is 67.5 Å². The Morgan fingerprint density at radius 3 is 2.29 bits per heavy atom. The van der Waals surface area contributed by atoms with Gasteiger partial charge in [-0.1, -0.05) is 33.3 Å². The summed E-state index contributed by atoms with van der Waals surface area (Å²) in [7, 11) is -2.94. The summed E-state index contributed by atoms with van der Waals surface area (Å²) in [5, 5.41) is 5.10. The van der Waals surface area contributed by atoms with Crippen molar-refractivity contribution < 1.29 is 36.3 Å². The Morgan fingerprint density at radius 1 is 0.964 bits per heavy atom. The minimum atomic E-state index is -4.43. The van der Waals surface area contributed by atoms with Gasteiger partial charge in [-0.25, -0.2) is 36.3 Å². The number of aryl methyl sites for hydroxylation is 2. The lowest BCUT2D eigenvalue weighted by Crippen LogP contribution is -2.44. The second-order valence-electron chi connectivity index (χ2n) is 14.3. The Bertz CT molecular complexity index is 2300. The van der Waals surface area contributed by atoms with Crippen molar-refractivity contribution in [3.63, 3.8) is 0 Å². The van der Waals surface area contributed by atoms with E-state index >= 15 is 8.78 Å². The SMILES string of the molecule is Cn1ccc(=O)n(-c2ccc(CC[C@H](NC(=O)c3cc(F)c(NS(=O)(=O)c4ccc(NC(=O)C(C)(C)C)cc4)cc3F)C(=O)OC3CCCCC3)cn2)c1=O. The summed E-state index contributed by atoms with van der Waals surface area (Å²) < 4.78 is 66.5. The Balaban J connectivity index is 1.30. The zero-order chi connectivity index (χ0) is 40.1. The van der Waals surface area contributed by atoms with Crippen molar-refractivity contribution in [3.8, 4) is 5.82 Å². The summed E-state index contributed by atoms with van der Waals surface area (Å²) in [5.74, 6) is -4.64. The van der Waals surface area contributed by atoms with Crippen molar-refractivity contribution in [2.45, 2.75) is 82.8 Å². The van der Waals surface area contributed by atoms with E-state index in [2.05, 4.69) is 15.6 Å². The zero-order valence-electron chi connectivity index (χ0n) is 30.7. The van der Waals surface area contributed by atoms with Gasteiger partial charge in [0.15, 0.2) is 0 Å². The average molecular weight is 781 g/mol. The molecule has 55 heavy (non-hydrogen) atoms. The standard InChI is InChI=1S/C38H42F2N6O8S/c1-38(2,3)36(50)42-24-12-14-26(15-13-24)55(52,53)44-31-21-28(39)27(20-29(31)40)34(48)43-30(35(49)54-25-8-6-5-7-9-25)16-10-23-11-17-32(41-22-23)46-33(47)18-19-45(4)37(46)51/h11-15,17-22,25,30,44H,5-10,16H2,1-4H3,(H,42,50)(H,43,48)/t30-/m0/s1. The van der Waals surface area contributed by atoms with Gasteiger partial charge in [0, 0.05) is 42.7 Å². The molecule has 1 aliphatic carbocycles. The van der Waals surface area contributed by atoms with Gasteiger partial charge in [0.1, 0.15) is 29.6 Å². The van der Waals surface area contributed by atoms with Crippen molar-refractivity contribution in [1.29, 1.82) is 0 Å². The van der Waals surface area contributed by atoms with Crippen LogP contribution in [0.25, 0.3) is 5.82 Å². The fraction of sp³-hybridized carbons (Fsp3) is 0.368. The summed E-state index contributed by atoms with van der Waals surface area (Å²) in [6, 6.07) is 9.09. The molecule has 1 atom stereocenters. The van der Waals surface area contributed by atoms with Gasteiger partial charge >= 0.3 is 11.7 Å². The van der Waals surface area contributed by atoms with E-state index in [9.17, 15) is 32.4 Å². The number of ether oxygens (including phenoxy) is 1. The second kappa shape index (κ2) is 16.8. The van der Waals surface area contributed by atoms with E-state index in [1.54, 1.807) is 26.8 Å². The number of hydrogen-bond acceptors (Lipinski definition) is 9. The van der Waals surface area contributed by atoms with Crippen molar-refractivity contribution >= 4 is 39.2 Å². The maximum absolute atomic E-state index is 15.4. The van der Waals surface area contributed by atoms with Gasteiger partial charge in [-0.2, -0.15) is 0 Å². The van der Waals surface area contributed by atoms with Crippen LogP contribution >= 0.6 is 0 Å². The molecule has 1 saturated carbocycles. The highest BCUT2D eigenvalue weighted by atomic mass is 32.2. The Hall–Kier alpha value is -5.71. The molecule has 0 radical (unpaired) electrons. The first-order valence-electron chi connectivity index (χ1n) is 17.6. The van der Waals surface area contributed by atoms with Crippen molar-refractivity contribution in [2.24, 2.45) is 12.5 Å². The number of aromatic nitrogens is 3. The molecule has 3 N–H and O–H groups in total. The third-order valence-electron chi connectivity index (χ3n) is 8.99.